The summed E-state index contributed by atoms with van der Waals surface area (Å²) in [5.41, 5.74) is 0.604. The topological polar surface area (TPSA) is 40.6 Å². The van der Waals surface area contributed by atoms with E-state index in [1.165, 1.54) is 0 Å². The zero-order valence-electron chi connectivity index (χ0n) is 13.2. The maximum absolute atomic E-state index is 12.4. The van der Waals surface area contributed by atoms with Crippen molar-refractivity contribution in [3.63, 3.8) is 0 Å². The van der Waals surface area contributed by atoms with Gasteiger partial charge < -0.3 is 9.80 Å². The molecule has 0 N–H and O–H groups in total. The lowest BCUT2D eigenvalue weighted by Crippen LogP contribution is -2.50. The van der Waals surface area contributed by atoms with Crippen LogP contribution in [-0.2, 0) is 4.79 Å². The van der Waals surface area contributed by atoms with Gasteiger partial charge in [-0.15, -0.1) is 0 Å². The molecule has 1 saturated heterocycles. The highest BCUT2D eigenvalue weighted by atomic mass is 35.5. The Hall–Kier alpha value is -1.55. The Kier molecular flexibility index (Phi) is 5.83. The molecule has 0 spiro atoms. The summed E-state index contributed by atoms with van der Waals surface area (Å²) in [6.45, 7) is 6.63. The van der Waals surface area contributed by atoms with Gasteiger partial charge in [0.05, 0.1) is 0 Å². The highest BCUT2D eigenvalue weighted by molar-refractivity contribution is 6.30. The summed E-state index contributed by atoms with van der Waals surface area (Å²) in [4.78, 5) is 28.2. The summed E-state index contributed by atoms with van der Waals surface area (Å²) < 4.78 is 0. The summed E-state index contributed by atoms with van der Waals surface area (Å²) in [5.74, 6) is 0.718. The van der Waals surface area contributed by atoms with Gasteiger partial charge in [0.25, 0.3) is 5.91 Å². The van der Waals surface area contributed by atoms with Crippen LogP contribution in [0.25, 0.3) is 0 Å². The number of amides is 2. The molecule has 1 aliphatic rings. The van der Waals surface area contributed by atoms with E-state index in [1.54, 1.807) is 29.2 Å². The molecule has 1 heterocycles. The normalized spacial score (nSPS) is 15.3. The molecule has 0 saturated carbocycles. The standard InChI is InChI=1S/C17H23ClN2O2/c1-13(2)6-7-16(21)19-8-10-20(11-9-19)17(22)14-4-3-5-15(18)12-14/h3-5,12-13H,6-11H2,1-2H3. The van der Waals surface area contributed by atoms with E-state index in [2.05, 4.69) is 13.8 Å². The van der Waals surface area contributed by atoms with Crippen molar-refractivity contribution in [1.29, 1.82) is 0 Å². The molecule has 1 fully saturated rings. The van der Waals surface area contributed by atoms with E-state index < -0.39 is 0 Å². The summed E-state index contributed by atoms with van der Waals surface area (Å²) in [6, 6.07) is 6.99. The molecule has 0 aromatic heterocycles. The molecule has 0 aliphatic carbocycles. The van der Waals surface area contributed by atoms with Crippen LogP contribution in [0.3, 0.4) is 0 Å². The van der Waals surface area contributed by atoms with Gasteiger partial charge in [-0.25, -0.2) is 0 Å². The van der Waals surface area contributed by atoms with Gasteiger partial charge in [0.2, 0.25) is 5.91 Å². The molecule has 0 unspecified atom stereocenters. The Bertz CT molecular complexity index is 537. The van der Waals surface area contributed by atoms with Gasteiger partial charge in [-0.05, 0) is 30.5 Å². The Morgan fingerprint density at radius 3 is 2.36 bits per heavy atom. The van der Waals surface area contributed by atoms with Crippen LogP contribution in [0.4, 0.5) is 0 Å². The van der Waals surface area contributed by atoms with Gasteiger partial charge in [0.1, 0.15) is 0 Å². The van der Waals surface area contributed by atoms with Crippen molar-refractivity contribution < 1.29 is 9.59 Å². The van der Waals surface area contributed by atoms with Crippen LogP contribution in [0.2, 0.25) is 5.02 Å². The summed E-state index contributed by atoms with van der Waals surface area (Å²) >= 11 is 5.93. The molecule has 1 aromatic rings. The van der Waals surface area contributed by atoms with E-state index in [0.717, 1.165) is 6.42 Å². The number of carbonyl (C=O) groups is 2. The van der Waals surface area contributed by atoms with Gasteiger partial charge in [-0.3, -0.25) is 9.59 Å². The number of nitrogens with zero attached hydrogens (tertiary/aromatic N) is 2. The van der Waals surface area contributed by atoms with Crippen molar-refractivity contribution >= 4 is 23.4 Å². The van der Waals surface area contributed by atoms with E-state index in [1.807, 2.05) is 4.90 Å². The van der Waals surface area contributed by atoms with Crippen molar-refractivity contribution in [2.24, 2.45) is 5.92 Å². The number of hydrogen-bond donors (Lipinski definition) is 0. The first-order chi connectivity index (χ1) is 10.5. The van der Waals surface area contributed by atoms with Crippen molar-refractivity contribution in [3.05, 3.63) is 34.9 Å². The number of piperazine rings is 1. The van der Waals surface area contributed by atoms with Crippen LogP contribution in [0.1, 0.15) is 37.0 Å². The summed E-state index contributed by atoms with van der Waals surface area (Å²) in [6.07, 6.45) is 1.51. The van der Waals surface area contributed by atoms with E-state index in [-0.39, 0.29) is 11.8 Å². The third-order valence-electron chi connectivity index (χ3n) is 3.93. The number of carbonyl (C=O) groups excluding carboxylic acids is 2. The minimum atomic E-state index is -0.0169. The van der Waals surface area contributed by atoms with Crippen LogP contribution in [-0.4, -0.2) is 47.8 Å². The van der Waals surface area contributed by atoms with Crippen molar-refractivity contribution in [3.8, 4) is 0 Å². The van der Waals surface area contributed by atoms with Crippen molar-refractivity contribution in [2.75, 3.05) is 26.2 Å². The highest BCUT2D eigenvalue weighted by Gasteiger charge is 2.24. The largest absolute Gasteiger partial charge is 0.339 e. The lowest BCUT2D eigenvalue weighted by molar-refractivity contribution is -0.132. The average molecular weight is 323 g/mol. The minimum absolute atomic E-state index is 0.0169. The molecular weight excluding hydrogens is 300 g/mol. The lowest BCUT2D eigenvalue weighted by Gasteiger charge is -2.35. The molecule has 1 aliphatic heterocycles. The van der Waals surface area contributed by atoms with Crippen LogP contribution >= 0.6 is 11.6 Å². The first-order valence-corrected chi connectivity index (χ1v) is 8.18. The maximum Gasteiger partial charge on any atom is 0.254 e. The molecule has 0 radical (unpaired) electrons. The Labute approximate surface area is 137 Å². The molecular formula is C17H23ClN2O2. The Morgan fingerprint density at radius 2 is 1.77 bits per heavy atom. The fourth-order valence-corrected chi connectivity index (χ4v) is 2.72. The highest BCUT2D eigenvalue weighted by Crippen LogP contribution is 2.15. The van der Waals surface area contributed by atoms with E-state index in [0.29, 0.717) is 49.1 Å². The first-order valence-electron chi connectivity index (χ1n) is 7.80. The maximum atomic E-state index is 12.4. The predicted molar refractivity (Wildman–Crippen MR) is 88.0 cm³/mol. The molecule has 4 nitrogen and oxygen atoms in total. The molecule has 0 atom stereocenters. The molecule has 1 aromatic carbocycles. The van der Waals surface area contributed by atoms with Crippen LogP contribution in [0, 0.1) is 5.92 Å². The van der Waals surface area contributed by atoms with E-state index >= 15 is 0 Å². The zero-order chi connectivity index (χ0) is 16.1. The lowest BCUT2D eigenvalue weighted by atomic mass is 10.1. The number of rotatable bonds is 4. The summed E-state index contributed by atoms with van der Waals surface area (Å²) in [7, 11) is 0. The predicted octanol–water partition coefficient (Wildman–Crippen LogP) is 3.06. The second-order valence-corrected chi connectivity index (χ2v) is 6.55. The van der Waals surface area contributed by atoms with Gasteiger partial charge >= 0.3 is 0 Å². The van der Waals surface area contributed by atoms with Crippen LogP contribution in [0.15, 0.2) is 24.3 Å². The quantitative estimate of drug-likeness (QED) is 0.854. The Balaban J connectivity index is 1.86. The number of benzene rings is 1. The van der Waals surface area contributed by atoms with E-state index in [4.69, 9.17) is 11.6 Å². The fourth-order valence-electron chi connectivity index (χ4n) is 2.53. The van der Waals surface area contributed by atoms with Crippen molar-refractivity contribution in [1.82, 2.24) is 9.80 Å². The minimum Gasteiger partial charge on any atom is -0.339 e. The molecule has 5 heteroatoms. The second kappa shape index (κ2) is 7.63. The zero-order valence-corrected chi connectivity index (χ0v) is 14.0. The number of halogens is 1. The monoisotopic (exact) mass is 322 g/mol. The second-order valence-electron chi connectivity index (χ2n) is 6.12. The SMILES string of the molecule is CC(C)CCC(=O)N1CCN(C(=O)c2cccc(Cl)c2)CC1. The fraction of sp³-hybridized carbons (Fsp3) is 0.529. The molecule has 22 heavy (non-hydrogen) atoms. The van der Waals surface area contributed by atoms with Gasteiger partial charge in [-0.1, -0.05) is 31.5 Å². The van der Waals surface area contributed by atoms with Crippen molar-refractivity contribution in [2.45, 2.75) is 26.7 Å². The molecule has 0 bridgehead atoms. The molecule has 2 amide bonds. The smallest absolute Gasteiger partial charge is 0.254 e. The first kappa shape index (κ1) is 16.8. The van der Waals surface area contributed by atoms with Crippen LogP contribution in [0.5, 0.6) is 0 Å². The average Bonchev–Trinajstić information content (AvgIpc) is 2.52. The molecule has 2 rings (SSSR count). The third kappa shape index (κ3) is 4.47. The van der Waals surface area contributed by atoms with Crippen LogP contribution < -0.4 is 0 Å². The van der Waals surface area contributed by atoms with Gasteiger partial charge in [-0.2, -0.15) is 0 Å². The van der Waals surface area contributed by atoms with E-state index in [9.17, 15) is 9.59 Å². The van der Waals surface area contributed by atoms with Gasteiger partial charge in [0.15, 0.2) is 0 Å². The Morgan fingerprint density at radius 1 is 1.14 bits per heavy atom. The number of hydrogen-bond acceptors (Lipinski definition) is 2. The molecule has 120 valence electrons. The summed E-state index contributed by atoms with van der Waals surface area (Å²) in [5, 5.41) is 0.563. The van der Waals surface area contributed by atoms with Gasteiger partial charge in [0, 0.05) is 43.2 Å². The third-order valence-corrected chi connectivity index (χ3v) is 4.16.